The molecule has 4 heteroatoms. The van der Waals surface area contributed by atoms with E-state index in [0.29, 0.717) is 12.6 Å². The van der Waals surface area contributed by atoms with Crippen molar-refractivity contribution in [3.8, 4) is 5.75 Å². The van der Waals surface area contributed by atoms with Crippen LogP contribution in [0.2, 0.25) is 0 Å². The van der Waals surface area contributed by atoms with Gasteiger partial charge in [0.15, 0.2) is 5.96 Å². The zero-order valence-corrected chi connectivity index (χ0v) is 10.7. The van der Waals surface area contributed by atoms with Crippen LogP contribution in [-0.4, -0.2) is 23.7 Å². The summed E-state index contributed by atoms with van der Waals surface area (Å²) < 4.78 is 0. The summed E-state index contributed by atoms with van der Waals surface area (Å²) in [5.41, 5.74) is 1.07. The highest BCUT2D eigenvalue weighted by Gasteiger charge is 1.99. The lowest BCUT2D eigenvalue weighted by Crippen LogP contribution is -2.40. The zero-order chi connectivity index (χ0) is 12.7. The van der Waals surface area contributed by atoms with Crippen molar-refractivity contribution < 1.29 is 5.11 Å². The molecule has 1 rings (SSSR count). The maximum atomic E-state index is 9.18. The van der Waals surface area contributed by atoms with E-state index in [0.717, 1.165) is 18.1 Å². The van der Waals surface area contributed by atoms with Crippen molar-refractivity contribution in [3.63, 3.8) is 0 Å². The lowest BCUT2D eigenvalue weighted by molar-refractivity contribution is 0.475. The highest BCUT2D eigenvalue weighted by atomic mass is 16.3. The van der Waals surface area contributed by atoms with Crippen LogP contribution < -0.4 is 10.6 Å². The van der Waals surface area contributed by atoms with Gasteiger partial charge in [0.2, 0.25) is 0 Å². The SMILES string of the molecule is CCNC(=NCc1ccc(O)cc1)NC(C)C. The van der Waals surface area contributed by atoms with E-state index in [2.05, 4.69) is 29.5 Å². The molecule has 3 N–H and O–H groups in total. The second-order valence-corrected chi connectivity index (χ2v) is 4.16. The number of phenolic OH excluding ortho intramolecular Hbond substituents is 1. The fourth-order valence-electron chi connectivity index (χ4n) is 1.37. The Balaban J connectivity index is 2.61. The van der Waals surface area contributed by atoms with Crippen LogP contribution in [-0.2, 0) is 6.54 Å². The number of phenols is 1. The fourth-order valence-corrected chi connectivity index (χ4v) is 1.37. The first kappa shape index (κ1) is 13.4. The maximum absolute atomic E-state index is 9.18. The smallest absolute Gasteiger partial charge is 0.191 e. The van der Waals surface area contributed by atoms with Crippen molar-refractivity contribution >= 4 is 5.96 Å². The van der Waals surface area contributed by atoms with Gasteiger partial charge in [0.25, 0.3) is 0 Å². The molecule has 0 spiro atoms. The van der Waals surface area contributed by atoms with Gasteiger partial charge in [-0.3, -0.25) is 0 Å². The van der Waals surface area contributed by atoms with E-state index in [1.165, 1.54) is 0 Å². The van der Waals surface area contributed by atoms with Gasteiger partial charge in [0, 0.05) is 12.6 Å². The van der Waals surface area contributed by atoms with Crippen molar-refractivity contribution in [2.24, 2.45) is 4.99 Å². The molecule has 17 heavy (non-hydrogen) atoms. The summed E-state index contributed by atoms with van der Waals surface area (Å²) in [6.07, 6.45) is 0. The molecule has 1 aromatic rings. The second kappa shape index (κ2) is 6.78. The van der Waals surface area contributed by atoms with Gasteiger partial charge in [-0.1, -0.05) is 12.1 Å². The third-order valence-corrected chi connectivity index (χ3v) is 2.13. The van der Waals surface area contributed by atoms with E-state index >= 15 is 0 Å². The number of aromatic hydroxyl groups is 1. The molecule has 4 nitrogen and oxygen atoms in total. The molecule has 0 aliphatic carbocycles. The molecule has 0 heterocycles. The van der Waals surface area contributed by atoms with E-state index in [9.17, 15) is 5.11 Å². The van der Waals surface area contributed by atoms with Gasteiger partial charge >= 0.3 is 0 Å². The van der Waals surface area contributed by atoms with Gasteiger partial charge in [-0.05, 0) is 38.5 Å². The molecule has 0 aliphatic heterocycles. The van der Waals surface area contributed by atoms with Crippen LogP contribution in [0.25, 0.3) is 0 Å². The monoisotopic (exact) mass is 235 g/mol. The third-order valence-electron chi connectivity index (χ3n) is 2.13. The Hall–Kier alpha value is -1.71. The Bertz CT molecular complexity index is 357. The van der Waals surface area contributed by atoms with Crippen LogP contribution in [0, 0.1) is 0 Å². The highest BCUT2D eigenvalue weighted by Crippen LogP contribution is 2.10. The molecule has 0 saturated heterocycles. The average molecular weight is 235 g/mol. The Kier molecular flexibility index (Phi) is 5.33. The van der Waals surface area contributed by atoms with E-state index in [4.69, 9.17) is 0 Å². The first-order chi connectivity index (χ1) is 8.11. The summed E-state index contributed by atoms with van der Waals surface area (Å²) in [7, 11) is 0. The zero-order valence-electron chi connectivity index (χ0n) is 10.7. The van der Waals surface area contributed by atoms with Gasteiger partial charge < -0.3 is 15.7 Å². The van der Waals surface area contributed by atoms with Gasteiger partial charge in [0.05, 0.1) is 6.54 Å². The first-order valence-corrected chi connectivity index (χ1v) is 5.94. The minimum Gasteiger partial charge on any atom is -0.508 e. The van der Waals surface area contributed by atoms with Crippen LogP contribution >= 0.6 is 0 Å². The quantitative estimate of drug-likeness (QED) is 0.551. The van der Waals surface area contributed by atoms with E-state index in [1.54, 1.807) is 12.1 Å². The lowest BCUT2D eigenvalue weighted by atomic mass is 10.2. The highest BCUT2D eigenvalue weighted by molar-refractivity contribution is 5.79. The number of rotatable bonds is 4. The standard InChI is InChI=1S/C13H21N3O/c1-4-14-13(16-10(2)3)15-9-11-5-7-12(17)8-6-11/h5-8,10,17H,4,9H2,1-3H3,(H2,14,15,16). The van der Waals surface area contributed by atoms with Crippen molar-refractivity contribution in [1.29, 1.82) is 0 Å². The average Bonchev–Trinajstić information content (AvgIpc) is 2.27. The van der Waals surface area contributed by atoms with Crippen molar-refractivity contribution in [2.45, 2.75) is 33.4 Å². The minimum absolute atomic E-state index is 0.282. The van der Waals surface area contributed by atoms with Crippen LogP contribution in [0.1, 0.15) is 26.3 Å². The topological polar surface area (TPSA) is 56.7 Å². The van der Waals surface area contributed by atoms with E-state index < -0.39 is 0 Å². The lowest BCUT2D eigenvalue weighted by Gasteiger charge is -2.13. The molecular weight excluding hydrogens is 214 g/mol. The fraction of sp³-hybridized carbons (Fsp3) is 0.462. The number of guanidine groups is 1. The summed E-state index contributed by atoms with van der Waals surface area (Å²) >= 11 is 0. The predicted octanol–water partition coefficient (Wildman–Crippen LogP) is 1.86. The second-order valence-electron chi connectivity index (χ2n) is 4.16. The minimum atomic E-state index is 0.282. The maximum Gasteiger partial charge on any atom is 0.191 e. The molecule has 0 aromatic heterocycles. The predicted molar refractivity (Wildman–Crippen MR) is 71.2 cm³/mol. The Morgan fingerprint density at radius 2 is 1.94 bits per heavy atom. The number of aliphatic imine (C=N–C) groups is 1. The van der Waals surface area contributed by atoms with Crippen molar-refractivity contribution in [1.82, 2.24) is 10.6 Å². The van der Waals surface area contributed by atoms with Gasteiger partial charge in [-0.25, -0.2) is 4.99 Å². The largest absolute Gasteiger partial charge is 0.508 e. The van der Waals surface area contributed by atoms with Crippen LogP contribution in [0.3, 0.4) is 0 Å². The molecule has 0 radical (unpaired) electrons. The van der Waals surface area contributed by atoms with Gasteiger partial charge in [0.1, 0.15) is 5.75 Å². The number of benzene rings is 1. The number of hydrogen-bond acceptors (Lipinski definition) is 2. The molecule has 0 bridgehead atoms. The summed E-state index contributed by atoms with van der Waals surface area (Å²) in [5.74, 6) is 1.10. The molecule has 0 amide bonds. The summed E-state index contributed by atoms with van der Waals surface area (Å²) in [6.45, 7) is 7.63. The molecule has 0 atom stereocenters. The van der Waals surface area contributed by atoms with Crippen molar-refractivity contribution in [3.05, 3.63) is 29.8 Å². The molecule has 0 unspecified atom stereocenters. The van der Waals surface area contributed by atoms with E-state index in [1.807, 2.05) is 19.1 Å². The van der Waals surface area contributed by atoms with Crippen molar-refractivity contribution in [2.75, 3.05) is 6.54 Å². The Morgan fingerprint density at radius 3 is 2.47 bits per heavy atom. The first-order valence-electron chi connectivity index (χ1n) is 5.94. The molecule has 0 fully saturated rings. The van der Waals surface area contributed by atoms with Crippen LogP contribution in [0.4, 0.5) is 0 Å². The number of nitrogens with one attached hydrogen (secondary N) is 2. The van der Waals surface area contributed by atoms with Gasteiger partial charge in [-0.15, -0.1) is 0 Å². The molecule has 0 aliphatic rings. The summed E-state index contributed by atoms with van der Waals surface area (Å²) in [4.78, 5) is 4.47. The van der Waals surface area contributed by atoms with Crippen LogP contribution in [0.5, 0.6) is 5.75 Å². The number of hydrogen-bond donors (Lipinski definition) is 3. The molecular formula is C13H21N3O. The Labute approximate surface area is 103 Å². The summed E-state index contributed by atoms with van der Waals surface area (Å²) in [5, 5.41) is 15.6. The number of nitrogens with zero attached hydrogens (tertiary/aromatic N) is 1. The van der Waals surface area contributed by atoms with Gasteiger partial charge in [-0.2, -0.15) is 0 Å². The van der Waals surface area contributed by atoms with Crippen LogP contribution in [0.15, 0.2) is 29.3 Å². The normalized spacial score (nSPS) is 11.6. The van der Waals surface area contributed by atoms with E-state index in [-0.39, 0.29) is 5.75 Å². The Morgan fingerprint density at radius 1 is 1.29 bits per heavy atom. The molecule has 0 saturated carbocycles. The molecule has 1 aromatic carbocycles. The third kappa shape index (κ3) is 5.24. The summed E-state index contributed by atoms with van der Waals surface area (Å²) in [6, 6.07) is 7.45. The molecule has 94 valence electrons.